The van der Waals surface area contributed by atoms with E-state index in [2.05, 4.69) is 12.2 Å². The van der Waals surface area contributed by atoms with Crippen LogP contribution in [0.1, 0.15) is 43.0 Å². The van der Waals surface area contributed by atoms with Gasteiger partial charge in [0.05, 0.1) is 4.92 Å². The summed E-state index contributed by atoms with van der Waals surface area (Å²) in [6.45, 7) is 2.63. The van der Waals surface area contributed by atoms with E-state index in [9.17, 15) is 14.9 Å². The van der Waals surface area contributed by atoms with Crippen LogP contribution in [-0.4, -0.2) is 17.4 Å². The van der Waals surface area contributed by atoms with Crippen molar-refractivity contribution in [1.29, 1.82) is 0 Å². The Balaban J connectivity index is 2.64. The molecule has 0 spiro atoms. The van der Waals surface area contributed by atoms with Crippen LogP contribution in [0.2, 0.25) is 5.02 Å². The van der Waals surface area contributed by atoms with E-state index in [1.54, 1.807) is 0 Å². The van der Waals surface area contributed by atoms with Gasteiger partial charge in [0, 0.05) is 17.6 Å². The number of unbranched alkanes of at least 4 members (excludes halogenated alkanes) is 3. The van der Waals surface area contributed by atoms with Gasteiger partial charge in [0.25, 0.3) is 11.6 Å². The zero-order valence-electron chi connectivity index (χ0n) is 10.8. The van der Waals surface area contributed by atoms with E-state index in [1.807, 2.05) is 0 Å². The summed E-state index contributed by atoms with van der Waals surface area (Å²) in [5.74, 6) is -0.431. The summed E-state index contributed by atoms with van der Waals surface area (Å²) in [6.07, 6.45) is 4.16. The van der Waals surface area contributed by atoms with Crippen LogP contribution in [-0.2, 0) is 0 Å². The summed E-state index contributed by atoms with van der Waals surface area (Å²) in [6, 6.07) is 4.04. The largest absolute Gasteiger partial charge is 0.352 e. The smallest absolute Gasteiger partial charge is 0.283 e. The topological polar surface area (TPSA) is 72.2 Å². The lowest BCUT2D eigenvalue weighted by Gasteiger charge is -2.06. The fourth-order valence-corrected chi connectivity index (χ4v) is 1.86. The number of halogens is 1. The van der Waals surface area contributed by atoms with Gasteiger partial charge in [-0.05, 0) is 18.6 Å². The van der Waals surface area contributed by atoms with Crippen molar-refractivity contribution in [3.8, 4) is 0 Å². The quantitative estimate of drug-likeness (QED) is 0.473. The minimum absolute atomic E-state index is 0.0462. The second-order valence-corrected chi connectivity index (χ2v) is 4.67. The summed E-state index contributed by atoms with van der Waals surface area (Å²) < 4.78 is 0. The third kappa shape index (κ3) is 4.87. The molecule has 0 aliphatic carbocycles. The lowest BCUT2D eigenvalue weighted by Crippen LogP contribution is -2.25. The summed E-state index contributed by atoms with van der Waals surface area (Å²) in [5.41, 5.74) is -0.219. The Labute approximate surface area is 117 Å². The summed E-state index contributed by atoms with van der Waals surface area (Å²) >= 11 is 5.69. The third-order valence-electron chi connectivity index (χ3n) is 2.72. The highest BCUT2D eigenvalue weighted by Crippen LogP contribution is 2.23. The molecule has 19 heavy (non-hydrogen) atoms. The highest BCUT2D eigenvalue weighted by Gasteiger charge is 2.19. The van der Waals surface area contributed by atoms with Crippen LogP contribution >= 0.6 is 11.6 Å². The zero-order valence-corrected chi connectivity index (χ0v) is 11.6. The molecule has 0 bridgehead atoms. The van der Waals surface area contributed by atoms with Crippen LogP contribution in [0.4, 0.5) is 5.69 Å². The Morgan fingerprint density at radius 3 is 2.74 bits per heavy atom. The van der Waals surface area contributed by atoms with Gasteiger partial charge in [-0.2, -0.15) is 0 Å². The van der Waals surface area contributed by atoms with E-state index in [-0.39, 0.29) is 16.3 Å². The number of carbonyl (C=O) groups is 1. The number of rotatable bonds is 7. The van der Waals surface area contributed by atoms with Crippen molar-refractivity contribution in [3.05, 3.63) is 38.9 Å². The molecule has 1 N–H and O–H groups in total. The van der Waals surface area contributed by atoms with E-state index >= 15 is 0 Å². The van der Waals surface area contributed by atoms with Crippen LogP contribution in [0.25, 0.3) is 0 Å². The molecule has 0 saturated heterocycles. The first-order valence-corrected chi connectivity index (χ1v) is 6.66. The maximum Gasteiger partial charge on any atom is 0.283 e. The Morgan fingerprint density at radius 1 is 1.37 bits per heavy atom. The van der Waals surface area contributed by atoms with Crippen molar-refractivity contribution in [2.24, 2.45) is 0 Å². The number of nitrogens with one attached hydrogen (secondary N) is 1. The molecule has 0 radical (unpaired) electrons. The first-order valence-electron chi connectivity index (χ1n) is 6.28. The zero-order chi connectivity index (χ0) is 14.3. The molecule has 0 fully saturated rings. The van der Waals surface area contributed by atoms with Gasteiger partial charge < -0.3 is 5.32 Å². The number of hydrogen-bond donors (Lipinski definition) is 1. The Bertz CT molecular complexity index is 463. The predicted octanol–water partition coefficient (Wildman–Crippen LogP) is 3.56. The fourth-order valence-electron chi connectivity index (χ4n) is 1.70. The maximum atomic E-state index is 11.9. The molecule has 1 aromatic carbocycles. The minimum atomic E-state index is -0.599. The number of hydrogen-bond acceptors (Lipinski definition) is 3. The van der Waals surface area contributed by atoms with Crippen molar-refractivity contribution in [2.75, 3.05) is 6.54 Å². The van der Waals surface area contributed by atoms with Gasteiger partial charge in [0.2, 0.25) is 0 Å². The van der Waals surface area contributed by atoms with E-state index in [0.717, 1.165) is 25.7 Å². The van der Waals surface area contributed by atoms with E-state index in [1.165, 1.54) is 18.2 Å². The lowest BCUT2D eigenvalue weighted by atomic mass is 10.1. The molecule has 1 aromatic rings. The Hall–Kier alpha value is -1.62. The van der Waals surface area contributed by atoms with E-state index < -0.39 is 10.8 Å². The number of nitro benzene ring substituents is 1. The normalized spacial score (nSPS) is 10.2. The number of benzene rings is 1. The van der Waals surface area contributed by atoms with Crippen molar-refractivity contribution in [2.45, 2.75) is 32.6 Å². The molecule has 0 atom stereocenters. The van der Waals surface area contributed by atoms with Crippen LogP contribution in [0.3, 0.4) is 0 Å². The number of nitro groups is 1. The predicted molar refractivity (Wildman–Crippen MR) is 74.6 cm³/mol. The highest BCUT2D eigenvalue weighted by atomic mass is 35.5. The molecular weight excluding hydrogens is 268 g/mol. The van der Waals surface area contributed by atoms with Crippen LogP contribution in [0.5, 0.6) is 0 Å². The summed E-state index contributed by atoms with van der Waals surface area (Å²) in [5, 5.41) is 13.8. The van der Waals surface area contributed by atoms with E-state index in [0.29, 0.717) is 6.54 Å². The Morgan fingerprint density at radius 2 is 2.11 bits per heavy atom. The molecule has 1 rings (SSSR count). The summed E-state index contributed by atoms with van der Waals surface area (Å²) in [7, 11) is 0. The van der Waals surface area contributed by atoms with Crippen molar-refractivity contribution in [3.63, 3.8) is 0 Å². The number of nitrogens with zero attached hydrogens (tertiary/aromatic N) is 1. The summed E-state index contributed by atoms with van der Waals surface area (Å²) in [4.78, 5) is 22.1. The lowest BCUT2D eigenvalue weighted by molar-refractivity contribution is -0.385. The molecule has 0 aliphatic rings. The minimum Gasteiger partial charge on any atom is -0.352 e. The maximum absolute atomic E-state index is 11.9. The Kier molecular flexibility index (Phi) is 6.29. The molecule has 1 amide bonds. The molecule has 5 nitrogen and oxygen atoms in total. The molecule has 0 unspecified atom stereocenters. The molecule has 0 aliphatic heterocycles. The molecule has 0 saturated carbocycles. The SMILES string of the molecule is CCCCCCNC(=O)c1ccc(Cl)cc1[N+](=O)[O-]. The standard InChI is InChI=1S/C13H17ClN2O3/c1-2-3-4-5-8-15-13(17)11-7-6-10(14)9-12(11)16(18)19/h6-7,9H,2-5,8H2,1H3,(H,15,17). The van der Waals surface area contributed by atoms with Gasteiger partial charge in [-0.3, -0.25) is 14.9 Å². The van der Waals surface area contributed by atoms with Gasteiger partial charge in [0.15, 0.2) is 0 Å². The number of amides is 1. The third-order valence-corrected chi connectivity index (χ3v) is 2.95. The fraction of sp³-hybridized carbons (Fsp3) is 0.462. The number of carbonyl (C=O) groups excluding carboxylic acids is 1. The van der Waals surface area contributed by atoms with E-state index in [4.69, 9.17) is 11.6 Å². The van der Waals surface area contributed by atoms with Crippen molar-refractivity contribution in [1.82, 2.24) is 5.32 Å². The van der Waals surface area contributed by atoms with Gasteiger partial charge in [-0.1, -0.05) is 37.8 Å². The molecule has 6 heteroatoms. The first kappa shape index (κ1) is 15.4. The first-order chi connectivity index (χ1) is 9.06. The van der Waals surface area contributed by atoms with Gasteiger partial charge >= 0.3 is 0 Å². The van der Waals surface area contributed by atoms with Crippen molar-refractivity contribution < 1.29 is 9.72 Å². The second kappa shape index (κ2) is 7.74. The molecular formula is C13H17ClN2O3. The van der Waals surface area contributed by atoms with Crippen LogP contribution in [0, 0.1) is 10.1 Å². The van der Waals surface area contributed by atoms with Crippen molar-refractivity contribution >= 4 is 23.2 Å². The molecule has 104 valence electrons. The second-order valence-electron chi connectivity index (χ2n) is 4.24. The highest BCUT2D eigenvalue weighted by molar-refractivity contribution is 6.31. The average molecular weight is 285 g/mol. The van der Waals surface area contributed by atoms with Gasteiger partial charge in [0.1, 0.15) is 5.56 Å². The average Bonchev–Trinajstić information content (AvgIpc) is 2.38. The van der Waals surface area contributed by atoms with Gasteiger partial charge in [-0.15, -0.1) is 0 Å². The molecule has 0 heterocycles. The van der Waals surface area contributed by atoms with Crippen LogP contribution in [0.15, 0.2) is 18.2 Å². The molecule has 0 aromatic heterocycles. The van der Waals surface area contributed by atoms with Gasteiger partial charge in [-0.25, -0.2) is 0 Å². The monoisotopic (exact) mass is 284 g/mol. The van der Waals surface area contributed by atoms with Crippen LogP contribution < -0.4 is 5.32 Å².